The fourth-order valence-corrected chi connectivity index (χ4v) is 0.895. The molecule has 69 valence electrons. The molecule has 0 aliphatic carbocycles. The van der Waals surface area contributed by atoms with Gasteiger partial charge in [0.05, 0.1) is 0 Å². The van der Waals surface area contributed by atoms with Gasteiger partial charge >= 0.3 is 0 Å². The Morgan fingerprint density at radius 3 is 1.31 bits per heavy atom. The summed E-state index contributed by atoms with van der Waals surface area (Å²) in [4.78, 5) is 0. The van der Waals surface area contributed by atoms with Gasteiger partial charge in [-0.3, -0.25) is 16.6 Å². The Morgan fingerprint density at radius 1 is 0.692 bits per heavy atom. The smallest absolute Gasteiger partial charge is 0.201 e. The quantitative estimate of drug-likeness (QED) is 0.297. The second-order valence-corrected chi connectivity index (χ2v) is 2.25. The van der Waals surface area contributed by atoms with Crippen LogP contribution in [0.25, 0.3) is 0 Å². The molecule has 1 aromatic rings. The van der Waals surface area contributed by atoms with Gasteiger partial charge in [-0.1, -0.05) is 0 Å². The van der Waals surface area contributed by atoms with Gasteiger partial charge in [-0.15, -0.1) is 0 Å². The monoisotopic (exact) mass is 210 g/mol. The summed E-state index contributed by atoms with van der Waals surface area (Å²) in [6.45, 7) is 0. The number of hydrogen-bond donors (Lipinski definition) is 0. The largest absolute Gasteiger partial charge is 0.874 e. The number of hydrogen-bond acceptors (Lipinski definition) is 1. The van der Waals surface area contributed by atoms with E-state index in [9.17, 15) is 22.0 Å². The van der Waals surface area contributed by atoms with Crippen molar-refractivity contribution < 1.29 is 25.7 Å². The van der Waals surface area contributed by atoms with Crippen LogP contribution in [0.15, 0.2) is 0 Å². The van der Waals surface area contributed by atoms with Gasteiger partial charge in [-0.05, 0) is 0 Å². The molecular formula is C6AlF5O-. The van der Waals surface area contributed by atoms with Gasteiger partial charge < -0.3 is 3.79 Å². The third kappa shape index (κ3) is 1.49. The van der Waals surface area contributed by atoms with E-state index in [1.165, 1.54) is 16.6 Å². The molecule has 1 nitrogen and oxygen atoms in total. The summed E-state index contributed by atoms with van der Waals surface area (Å²) in [7, 11) is 0. The molecule has 0 fully saturated rings. The maximum absolute atomic E-state index is 12.5. The zero-order valence-electron chi connectivity index (χ0n) is 5.88. The van der Waals surface area contributed by atoms with Crippen LogP contribution in [0.5, 0.6) is 5.75 Å². The summed E-state index contributed by atoms with van der Waals surface area (Å²) in [6, 6.07) is 0. The molecule has 0 atom stereocenters. The Bertz CT molecular complexity index is 324. The van der Waals surface area contributed by atoms with Crippen LogP contribution in [-0.4, -0.2) is 16.6 Å². The zero-order chi connectivity index (χ0) is 10.2. The van der Waals surface area contributed by atoms with Gasteiger partial charge in [0, 0.05) is 0 Å². The Labute approximate surface area is 77.9 Å². The minimum absolute atomic E-state index is 1.32. The van der Waals surface area contributed by atoms with Crippen LogP contribution in [-0.2, 0) is 0 Å². The molecule has 0 aromatic heterocycles. The van der Waals surface area contributed by atoms with E-state index in [1.54, 1.807) is 0 Å². The fraction of sp³-hybridized carbons (Fsp3) is 0. The first-order chi connectivity index (χ1) is 6.00. The molecule has 0 bridgehead atoms. The van der Waals surface area contributed by atoms with Crippen molar-refractivity contribution in [1.29, 1.82) is 0 Å². The van der Waals surface area contributed by atoms with E-state index in [4.69, 9.17) is 0 Å². The second kappa shape index (κ2) is 3.52. The van der Waals surface area contributed by atoms with Crippen LogP contribution in [0.2, 0.25) is 0 Å². The summed E-state index contributed by atoms with van der Waals surface area (Å²) in [5.41, 5.74) is 0. The van der Waals surface area contributed by atoms with Crippen molar-refractivity contribution in [2.75, 3.05) is 0 Å². The molecule has 3 radical (unpaired) electrons. The molecule has 1 rings (SSSR count). The molecular weight excluding hydrogens is 210 g/mol. The topological polar surface area (TPSA) is 9.23 Å². The van der Waals surface area contributed by atoms with E-state index in [2.05, 4.69) is 3.79 Å². The predicted octanol–water partition coefficient (Wildman–Crippen LogP) is 1.84. The van der Waals surface area contributed by atoms with Crippen molar-refractivity contribution in [3.8, 4) is 5.75 Å². The molecule has 0 heterocycles. The van der Waals surface area contributed by atoms with Gasteiger partial charge in [0.1, 0.15) is 5.75 Å². The van der Waals surface area contributed by atoms with Crippen molar-refractivity contribution in [3.05, 3.63) is 29.1 Å². The lowest BCUT2D eigenvalue weighted by atomic mass is 10.3. The molecule has 0 unspecified atom stereocenters. The van der Waals surface area contributed by atoms with Gasteiger partial charge in [0.15, 0.2) is 11.6 Å². The molecule has 0 saturated heterocycles. The molecule has 7 heteroatoms. The lowest BCUT2D eigenvalue weighted by Gasteiger charge is -2.18. The van der Waals surface area contributed by atoms with E-state index < -0.39 is 34.8 Å². The average Bonchev–Trinajstić information content (AvgIpc) is 2.13. The summed E-state index contributed by atoms with van der Waals surface area (Å²) in [6.07, 6.45) is 0. The van der Waals surface area contributed by atoms with E-state index in [-0.39, 0.29) is 0 Å². The maximum atomic E-state index is 12.5. The Morgan fingerprint density at radius 2 is 1.00 bits per heavy atom. The molecule has 0 spiro atoms. The van der Waals surface area contributed by atoms with E-state index in [0.717, 1.165) is 0 Å². The SMILES string of the molecule is Fc1c(F)c(F)c([O][Al-])c(F)c1F. The molecule has 0 saturated carbocycles. The van der Waals surface area contributed by atoms with Crippen LogP contribution in [0.3, 0.4) is 0 Å². The second-order valence-electron chi connectivity index (χ2n) is 2.02. The third-order valence-electron chi connectivity index (χ3n) is 1.29. The highest BCUT2D eigenvalue weighted by Gasteiger charge is 2.23. The standard InChI is InChI=1S/C6HF5O.Al/c7-1-2(8)4(10)6(12)5(11)3(1)9;/h12H;/p-1. The summed E-state index contributed by atoms with van der Waals surface area (Å²) >= 11 is 1.39. The third-order valence-corrected chi connectivity index (χ3v) is 1.52. The van der Waals surface area contributed by atoms with E-state index in [1.807, 2.05) is 0 Å². The highest BCUT2D eigenvalue weighted by molar-refractivity contribution is 6.00. The number of rotatable bonds is 1. The number of halogens is 5. The summed E-state index contributed by atoms with van der Waals surface area (Å²) < 4.78 is 66.0. The van der Waals surface area contributed by atoms with Crippen LogP contribution in [0.4, 0.5) is 22.0 Å². The predicted molar refractivity (Wildman–Crippen MR) is 32.6 cm³/mol. The van der Waals surface area contributed by atoms with Crippen LogP contribution in [0, 0.1) is 29.1 Å². The van der Waals surface area contributed by atoms with Crippen LogP contribution >= 0.6 is 0 Å². The van der Waals surface area contributed by atoms with E-state index >= 15 is 0 Å². The van der Waals surface area contributed by atoms with Gasteiger partial charge in [-0.2, -0.15) is 8.78 Å². The first kappa shape index (κ1) is 10.3. The Hall–Kier alpha value is -0.798. The van der Waals surface area contributed by atoms with Crippen LogP contribution in [0.1, 0.15) is 0 Å². The first-order valence-electron chi connectivity index (χ1n) is 2.88. The van der Waals surface area contributed by atoms with Crippen molar-refractivity contribution in [3.63, 3.8) is 0 Å². The normalized spacial score (nSPS) is 10.3. The highest BCUT2D eigenvalue weighted by Crippen LogP contribution is 2.28. The Kier molecular flexibility index (Phi) is 2.78. The van der Waals surface area contributed by atoms with Crippen molar-refractivity contribution in [2.24, 2.45) is 0 Å². The minimum atomic E-state index is -2.21. The molecule has 0 aliphatic rings. The van der Waals surface area contributed by atoms with Crippen LogP contribution < -0.4 is 3.79 Å². The number of benzene rings is 1. The van der Waals surface area contributed by atoms with Gasteiger partial charge in [0.25, 0.3) is 0 Å². The molecule has 13 heavy (non-hydrogen) atoms. The molecule has 0 aliphatic heterocycles. The Balaban J connectivity index is 3.56. The molecule has 0 amide bonds. The van der Waals surface area contributed by atoms with Crippen molar-refractivity contribution in [1.82, 2.24) is 0 Å². The summed E-state index contributed by atoms with van der Waals surface area (Å²) in [5, 5.41) is 0. The minimum Gasteiger partial charge on any atom is -0.874 e. The zero-order valence-corrected chi connectivity index (χ0v) is 7.03. The highest BCUT2D eigenvalue weighted by atomic mass is 27.1. The van der Waals surface area contributed by atoms with Crippen molar-refractivity contribution in [2.45, 2.75) is 0 Å². The summed E-state index contributed by atoms with van der Waals surface area (Å²) in [5.74, 6) is -11.6. The fourth-order valence-electron chi connectivity index (χ4n) is 0.688. The lowest BCUT2D eigenvalue weighted by Crippen LogP contribution is -2.04. The van der Waals surface area contributed by atoms with Crippen molar-refractivity contribution >= 4 is 16.6 Å². The van der Waals surface area contributed by atoms with E-state index in [0.29, 0.717) is 0 Å². The van der Waals surface area contributed by atoms with Gasteiger partial charge in [0.2, 0.25) is 17.5 Å². The molecule has 1 aromatic carbocycles. The first-order valence-corrected chi connectivity index (χ1v) is 3.36. The van der Waals surface area contributed by atoms with Gasteiger partial charge in [-0.25, -0.2) is 13.2 Å². The lowest BCUT2D eigenvalue weighted by molar-refractivity contribution is 0.352. The molecule has 0 N–H and O–H groups in total. The maximum Gasteiger partial charge on any atom is 0.201 e. The average molecular weight is 210 g/mol.